The van der Waals surface area contributed by atoms with Crippen molar-refractivity contribution >= 4 is 5.97 Å². The fourth-order valence-corrected chi connectivity index (χ4v) is 1.34. The molecule has 0 saturated carbocycles. The first-order valence-corrected chi connectivity index (χ1v) is 4.31. The summed E-state index contributed by atoms with van der Waals surface area (Å²) >= 11 is 0. The summed E-state index contributed by atoms with van der Waals surface area (Å²) in [6.45, 7) is 1.73. The van der Waals surface area contributed by atoms with Crippen LogP contribution in [0.2, 0.25) is 0 Å². The zero-order valence-corrected chi connectivity index (χ0v) is 8.83. The van der Waals surface area contributed by atoms with Gasteiger partial charge in [-0.2, -0.15) is 5.26 Å². The predicted octanol–water partition coefficient (Wildman–Crippen LogP) is 1.66. The molecule has 0 atom stereocenters. The molecule has 0 saturated heterocycles. The average Bonchev–Trinajstić information content (AvgIpc) is 2.27. The SMILES string of the molecule is COC(=O)c1ccc(OC)c(C)c1C#N. The maximum Gasteiger partial charge on any atom is 0.339 e. The minimum atomic E-state index is -0.516. The van der Waals surface area contributed by atoms with Gasteiger partial charge in [-0.15, -0.1) is 0 Å². The lowest BCUT2D eigenvalue weighted by Gasteiger charge is -2.08. The highest BCUT2D eigenvalue weighted by atomic mass is 16.5. The molecule has 1 aromatic carbocycles. The summed E-state index contributed by atoms with van der Waals surface area (Å²) in [7, 11) is 2.80. The Hall–Kier alpha value is -2.02. The quantitative estimate of drug-likeness (QED) is 0.689. The van der Waals surface area contributed by atoms with Gasteiger partial charge in [0.1, 0.15) is 11.8 Å². The molecule has 1 rings (SSSR count). The van der Waals surface area contributed by atoms with Gasteiger partial charge in [0.15, 0.2) is 0 Å². The fraction of sp³-hybridized carbons (Fsp3) is 0.273. The Morgan fingerprint density at radius 1 is 1.40 bits per heavy atom. The number of hydrogen-bond donors (Lipinski definition) is 0. The standard InChI is InChI=1S/C11H11NO3/c1-7-9(6-12)8(11(13)15-3)4-5-10(7)14-2/h4-5H,1-3H3. The number of methoxy groups -OCH3 is 2. The molecular weight excluding hydrogens is 194 g/mol. The monoisotopic (exact) mass is 205 g/mol. The van der Waals surface area contributed by atoms with E-state index in [-0.39, 0.29) is 5.56 Å². The summed E-state index contributed by atoms with van der Waals surface area (Å²) in [6, 6.07) is 5.14. The van der Waals surface area contributed by atoms with Crippen LogP contribution in [0.4, 0.5) is 0 Å². The summed E-state index contributed by atoms with van der Waals surface area (Å²) in [5.74, 6) is 0.0662. The zero-order valence-electron chi connectivity index (χ0n) is 8.83. The van der Waals surface area contributed by atoms with Crippen LogP contribution in [-0.4, -0.2) is 20.2 Å². The van der Waals surface area contributed by atoms with E-state index in [0.29, 0.717) is 16.9 Å². The van der Waals surface area contributed by atoms with Crippen LogP contribution < -0.4 is 4.74 Å². The first-order valence-electron chi connectivity index (χ1n) is 4.31. The first-order chi connectivity index (χ1) is 7.15. The van der Waals surface area contributed by atoms with Crippen molar-refractivity contribution in [2.75, 3.05) is 14.2 Å². The molecule has 4 heteroatoms. The number of carbonyl (C=O) groups is 1. The van der Waals surface area contributed by atoms with Crippen LogP contribution in [0, 0.1) is 18.3 Å². The molecule has 1 aromatic rings. The number of ether oxygens (including phenoxy) is 2. The van der Waals surface area contributed by atoms with E-state index >= 15 is 0 Å². The smallest absolute Gasteiger partial charge is 0.339 e. The summed E-state index contributed by atoms with van der Waals surface area (Å²) in [5.41, 5.74) is 1.20. The molecule has 0 fully saturated rings. The molecule has 0 aliphatic rings. The Morgan fingerprint density at radius 2 is 2.07 bits per heavy atom. The molecule has 0 N–H and O–H groups in total. The van der Waals surface area contributed by atoms with E-state index in [1.807, 2.05) is 6.07 Å². The highest BCUT2D eigenvalue weighted by Gasteiger charge is 2.16. The number of nitrogens with zero attached hydrogens (tertiary/aromatic N) is 1. The molecular formula is C11H11NO3. The van der Waals surface area contributed by atoms with Gasteiger partial charge in [0.25, 0.3) is 0 Å². The van der Waals surface area contributed by atoms with Crippen LogP contribution >= 0.6 is 0 Å². The minimum Gasteiger partial charge on any atom is -0.496 e. The lowest BCUT2D eigenvalue weighted by Crippen LogP contribution is -2.06. The number of esters is 1. The van der Waals surface area contributed by atoms with Crippen LogP contribution in [0.3, 0.4) is 0 Å². The van der Waals surface area contributed by atoms with Gasteiger partial charge in [-0.05, 0) is 19.1 Å². The van der Waals surface area contributed by atoms with Crippen molar-refractivity contribution in [3.8, 4) is 11.8 Å². The Morgan fingerprint density at radius 3 is 2.53 bits per heavy atom. The normalized spacial score (nSPS) is 9.20. The van der Waals surface area contributed by atoms with Crippen LogP contribution in [0.5, 0.6) is 5.75 Å². The van der Waals surface area contributed by atoms with Crippen molar-refractivity contribution in [1.29, 1.82) is 5.26 Å². The molecule has 4 nitrogen and oxygen atoms in total. The van der Waals surface area contributed by atoms with Crippen molar-refractivity contribution in [1.82, 2.24) is 0 Å². The van der Waals surface area contributed by atoms with Crippen LogP contribution in [-0.2, 0) is 4.74 Å². The van der Waals surface area contributed by atoms with E-state index in [4.69, 9.17) is 10.00 Å². The van der Waals surface area contributed by atoms with Gasteiger partial charge >= 0.3 is 5.97 Å². The van der Waals surface area contributed by atoms with Crippen LogP contribution in [0.25, 0.3) is 0 Å². The van der Waals surface area contributed by atoms with Crippen molar-refractivity contribution in [3.05, 3.63) is 28.8 Å². The van der Waals surface area contributed by atoms with Crippen molar-refractivity contribution in [2.24, 2.45) is 0 Å². The predicted molar refractivity (Wildman–Crippen MR) is 53.8 cm³/mol. The molecule has 0 aromatic heterocycles. The van der Waals surface area contributed by atoms with E-state index in [0.717, 1.165) is 0 Å². The number of benzene rings is 1. The van der Waals surface area contributed by atoms with Gasteiger partial charge in [0.05, 0.1) is 25.3 Å². The molecule has 0 aliphatic heterocycles. The van der Waals surface area contributed by atoms with E-state index in [1.165, 1.54) is 20.3 Å². The Labute approximate surface area is 88.0 Å². The highest BCUT2D eigenvalue weighted by molar-refractivity contribution is 5.93. The number of nitriles is 1. The van der Waals surface area contributed by atoms with E-state index < -0.39 is 5.97 Å². The largest absolute Gasteiger partial charge is 0.496 e. The van der Waals surface area contributed by atoms with Gasteiger partial charge in [-0.3, -0.25) is 0 Å². The summed E-state index contributed by atoms with van der Waals surface area (Å²) < 4.78 is 9.63. The lowest BCUT2D eigenvalue weighted by atomic mass is 10.0. The Balaban J connectivity index is 3.39. The topological polar surface area (TPSA) is 59.3 Å². The molecule has 0 aliphatic carbocycles. The Bertz CT molecular complexity index is 432. The third-order valence-electron chi connectivity index (χ3n) is 2.15. The molecule has 78 valence electrons. The van der Waals surface area contributed by atoms with Crippen molar-refractivity contribution in [2.45, 2.75) is 6.92 Å². The molecule has 0 heterocycles. The van der Waals surface area contributed by atoms with Gasteiger partial charge in [-0.1, -0.05) is 0 Å². The Kier molecular flexibility index (Phi) is 3.29. The van der Waals surface area contributed by atoms with E-state index in [1.54, 1.807) is 13.0 Å². The molecule has 15 heavy (non-hydrogen) atoms. The van der Waals surface area contributed by atoms with Gasteiger partial charge in [-0.25, -0.2) is 4.79 Å². The second kappa shape index (κ2) is 4.47. The first kappa shape index (κ1) is 11.1. The second-order valence-corrected chi connectivity index (χ2v) is 2.92. The third kappa shape index (κ3) is 1.91. The summed E-state index contributed by atoms with van der Waals surface area (Å²) in [4.78, 5) is 11.3. The third-order valence-corrected chi connectivity index (χ3v) is 2.15. The highest BCUT2D eigenvalue weighted by Crippen LogP contribution is 2.24. The van der Waals surface area contributed by atoms with Crippen LogP contribution in [0.15, 0.2) is 12.1 Å². The number of rotatable bonds is 2. The molecule has 0 amide bonds. The van der Waals surface area contributed by atoms with Gasteiger partial charge in [0.2, 0.25) is 0 Å². The van der Waals surface area contributed by atoms with E-state index in [2.05, 4.69) is 4.74 Å². The molecule has 0 radical (unpaired) electrons. The molecule has 0 unspecified atom stereocenters. The summed E-state index contributed by atoms with van der Waals surface area (Å²) in [5, 5.41) is 8.95. The number of hydrogen-bond acceptors (Lipinski definition) is 4. The maximum absolute atomic E-state index is 11.3. The minimum absolute atomic E-state index is 0.262. The van der Waals surface area contributed by atoms with Crippen molar-refractivity contribution in [3.63, 3.8) is 0 Å². The van der Waals surface area contributed by atoms with Crippen LogP contribution in [0.1, 0.15) is 21.5 Å². The van der Waals surface area contributed by atoms with Gasteiger partial charge in [0, 0.05) is 5.56 Å². The fourth-order valence-electron chi connectivity index (χ4n) is 1.34. The zero-order chi connectivity index (χ0) is 11.4. The maximum atomic E-state index is 11.3. The van der Waals surface area contributed by atoms with E-state index in [9.17, 15) is 4.79 Å². The molecule has 0 spiro atoms. The number of carbonyl (C=O) groups excluding carboxylic acids is 1. The van der Waals surface area contributed by atoms with Crippen molar-refractivity contribution < 1.29 is 14.3 Å². The molecule has 0 bridgehead atoms. The second-order valence-electron chi connectivity index (χ2n) is 2.92. The lowest BCUT2D eigenvalue weighted by molar-refractivity contribution is 0.0600. The van der Waals surface area contributed by atoms with Gasteiger partial charge < -0.3 is 9.47 Å². The average molecular weight is 205 g/mol. The summed E-state index contributed by atoms with van der Waals surface area (Å²) in [6.07, 6.45) is 0.